The first kappa shape index (κ1) is 14.9. The fourth-order valence-corrected chi connectivity index (χ4v) is 1.92. The van der Waals surface area contributed by atoms with Gasteiger partial charge in [0, 0.05) is 25.2 Å². The van der Waals surface area contributed by atoms with Crippen LogP contribution in [0.1, 0.15) is 45.3 Å². The highest BCUT2D eigenvalue weighted by Crippen LogP contribution is 2.19. The molecule has 102 valence electrons. The molecule has 1 heterocycles. The molecule has 1 aromatic heterocycles. The molecule has 0 fully saturated rings. The van der Waals surface area contributed by atoms with Gasteiger partial charge in [-0.05, 0) is 38.8 Å². The summed E-state index contributed by atoms with van der Waals surface area (Å²) < 4.78 is 0. The van der Waals surface area contributed by atoms with Gasteiger partial charge in [0.25, 0.3) is 0 Å². The highest BCUT2D eigenvalue weighted by Gasteiger charge is 2.11. The normalized spacial score (nSPS) is 12.8. The van der Waals surface area contributed by atoms with Gasteiger partial charge < -0.3 is 15.7 Å². The average Bonchev–Trinajstić information content (AvgIpc) is 2.38. The van der Waals surface area contributed by atoms with Crippen molar-refractivity contribution in [2.45, 2.75) is 45.7 Å². The highest BCUT2D eigenvalue weighted by molar-refractivity contribution is 5.45. The smallest absolute Gasteiger partial charge is 0.0572 e. The molecule has 0 saturated heterocycles. The Morgan fingerprint density at radius 2 is 2.11 bits per heavy atom. The first-order chi connectivity index (χ1) is 8.60. The zero-order valence-corrected chi connectivity index (χ0v) is 11.6. The molecule has 0 aromatic carbocycles. The molecule has 0 radical (unpaired) electrons. The van der Waals surface area contributed by atoms with Crippen LogP contribution in [0.25, 0.3) is 0 Å². The van der Waals surface area contributed by atoms with Crippen LogP contribution in [0.4, 0.5) is 5.69 Å². The van der Waals surface area contributed by atoms with Crippen LogP contribution in [0, 0.1) is 0 Å². The van der Waals surface area contributed by atoms with Crippen molar-refractivity contribution in [1.29, 1.82) is 0 Å². The predicted octanol–water partition coefficient (Wildman–Crippen LogP) is 2.09. The Hall–Kier alpha value is -1.13. The van der Waals surface area contributed by atoms with Crippen LogP contribution in [-0.4, -0.2) is 29.3 Å². The molecule has 0 aliphatic heterocycles. The van der Waals surface area contributed by atoms with Gasteiger partial charge in [0.15, 0.2) is 0 Å². The zero-order chi connectivity index (χ0) is 13.5. The predicted molar refractivity (Wildman–Crippen MR) is 75.6 cm³/mol. The first-order valence-electron chi connectivity index (χ1n) is 6.69. The maximum absolute atomic E-state index is 8.93. The third-order valence-electron chi connectivity index (χ3n) is 3.10. The van der Waals surface area contributed by atoms with E-state index in [9.17, 15) is 0 Å². The van der Waals surface area contributed by atoms with Gasteiger partial charge >= 0.3 is 0 Å². The van der Waals surface area contributed by atoms with Crippen molar-refractivity contribution in [2.75, 3.05) is 18.1 Å². The van der Waals surface area contributed by atoms with E-state index in [4.69, 9.17) is 10.8 Å². The summed E-state index contributed by atoms with van der Waals surface area (Å²) in [6.45, 7) is 7.40. The van der Waals surface area contributed by atoms with Gasteiger partial charge in [-0.2, -0.15) is 0 Å². The van der Waals surface area contributed by atoms with Crippen LogP contribution in [0.2, 0.25) is 0 Å². The number of hydrogen-bond acceptors (Lipinski definition) is 4. The van der Waals surface area contributed by atoms with Gasteiger partial charge in [-0.1, -0.05) is 6.92 Å². The summed E-state index contributed by atoms with van der Waals surface area (Å²) in [6, 6.07) is 4.47. The number of aliphatic hydroxyl groups is 1. The summed E-state index contributed by atoms with van der Waals surface area (Å²) in [4.78, 5) is 6.67. The molecule has 0 spiro atoms. The van der Waals surface area contributed by atoms with E-state index in [1.165, 1.54) is 0 Å². The number of nitrogens with zero attached hydrogens (tertiary/aromatic N) is 2. The molecular formula is C14H25N3O. The van der Waals surface area contributed by atoms with E-state index in [0.29, 0.717) is 6.04 Å². The highest BCUT2D eigenvalue weighted by atomic mass is 16.3. The van der Waals surface area contributed by atoms with Gasteiger partial charge in [-0.15, -0.1) is 0 Å². The van der Waals surface area contributed by atoms with Gasteiger partial charge in [0.2, 0.25) is 0 Å². The van der Waals surface area contributed by atoms with E-state index >= 15 is 0 Å². The standard InChI is InChI=1S/C14H25N3O/c1-4-13(15)14-7-6-12(10-16-14)17(11(2)3)8-5-9-18/h6-7,10-11,13,18H,4-5,8-9,15H2,1-3H3. The van der Waals surface area contributed by atoms with Crippen molar-refractivity contribution in [1.82, 2.24) is 4.98 Å². The van der Waals surface area contributed by atoms with Crippen molar-refractivity contribution in [2.24, 2.45) is 5.73 Å². The molecule has 0 aliphatic rings. The van der Waals surface area contributed by atoms with Crippen molar-refractivity contribution < 1.29 is 5.11 Å². The summed E-state index contributed by atoms with van der Waals surface area (Å²) >= 11 is 0. The number of nitrogens with two attached hydrogens (primary N) is 1. The second-order valence-corrected chi connectivity index (χ2v) is 4.82. The lowest BCUT2D eigenvalue weighted by Gasteiger charge is -2.28. The van der Waals surface area contributed by atoms with Crippen LogP contribution >= 0.6 is 0 Å². The third-order valence-corrected chi connectivity index (χ3v) is 3.10. The van der Waals surface area contributed by atoms with Crippen molar-refractivity contribution in [3.63, 3.8) is 0 Å². The maximum Gasteiger partial charge on any atom is 0.0572 e. The molecule has 3 N–H and O–H groups in total. The Morgan fingerprint density at radius 3 is 2.56 bits per heavy atom. The molecule has 1 aromatic rings. The van der Waals surface area contributed by atoms with E-state index in [0.717, 1.165) is 30.8 Å². The van der Waals surface area contributed by atoms with Crippen LogP contribution in [-0.2, 0) is 0 Å². The van der Waals surface area contributed by atoms with Crippen LogP contribution in [0.3, 0.4) is 0 Å². The van der Waals surface area contributed by atoms with E-state index in [2.05, 4.69) is 36.7 Å². The Kier molecular flexibility index (Phi) is 6.09. The van der Waals surface area contributed by atoms with Gasteiger partial charge in [0.1, 0.15) is 0 Å². The SMILES string of the molecule is CCC(N)c1ccc(N(CCCO)C(C)C)cn1. The first-order valence-corrected chi connectivity index (χ1v) is 6.69. The van der Waals surface area contributed by atoms with Crippen molar-refractivity contribution in [3.05, 3.63) is 24.0 Å². The average molecular weight is 251 g/mol. The molecule has 4 nitrogen and oxygen atoms in total. The molecule has 0 aliphatic carbocycles. The summed E-state index contributed by atoms with van der Waals surface area (Å²) in [5.74, 6) is 0. The van der Waals surface area contributed by atoms with E-state index in [1.807, 2.05) is 12.3 Å². The van der Waals surface area contributed by atoms with E-state index < -0.39 is 0 Å². The van der Waals surface area contributed by atoms with Crippen molar-refractivity contribution in [3.8, 4) is 0 Å². The topological polar surface area (TPSA) is 62.4 Å². The third kappa shape index (κ3) is 3.96. The Morgan fingerprint density at radius 1 is 1.39 bits per heavy atom. The second-order valence-electron chi connectivity index (χ2n) is 4.82. The zero-order valence-electron chi connectivity index (χ0n) is 11.6. The number of rotatable bonds is 7. The van der Waals surface area contributed by atoms with Gasteiger partial charge in [-0.3, -0.25) is 4.98 Å². The fourth-order valence-electron chi connectivity index (χ4n) is 1.92. The lowest BCUT2D eigenvalue weighted by molar-refractivity contribution is 0.288. The lowest BCUT2D eigenvalue weighted by atomic mass is 10.1. The number of hydrogen-bond donors (Lipinski definition) is 2. The Balaban J connectivity index is 2.80. The van der Waals surface area contributed by atoms with Crippen LogP contribution in [0.5, 0.6) is 0 Å². The fraction of sp³-hybridized carbons (Fsp3) is 0.643. The number of aliphatic hydroxyl groups excluding tert-OH is 1. The lowest BCUT2D eigenvalue weighted by Crippen LogP contribution is -2.32. The molecule has 0 amide bonds. The minimum absolute atomic E-state index is 0.0176. The molecule has 0 saturated carbocycles. The van der Waals surface area contributed by atoms with Gasteiger partial charge in [-0.25, -0.2) is 0 Å². The van der Waals surface area contributed by atoms with Crippen LogP contribution in [0.15, 0.2) is 18.3 Å². The van der Waals surface area contributed by atoms with Crippen molar-refractivity contribution >= 4 is 5.69 Å². The maximum atomic E-state index is 8.93. The minimum atomic E-state index is 0.0176. The molecule has 4 heteroatoms. The summed E-state index contributed by atoms with van der Waals surface area (Å²) in [7, 11) is 0. The molecule has 18 heavy (non-hydrogen) atoms. The molecule has 1 rings (SSSR count). The summed E-state index contributed by atoms with van der Waals surface area (Å²) in [5.41, 5.74) is 7.98. The second kappa shape index (κ2) is 7.34. The monoisotopic (exact) mass is 251 g/mol. The number of aromatic nitrogens is 1. The Labute approximate surface area is 110 Å². The largest absolute Gasteiger partial charge is 0.396 e. The van der Waals surface area contributed by atoms with E-state index in [-0.39, 0.29) is 12.6 Å². The van der Waals surface area contributed by atoms with Crippen LogP contribution < -0.4 is 10.6 Å². The molecule has 0 bridgehead atoms. The molecule has 1 unspecified atom stereocenters. The summed E-state index contributed by atoms with van der Waals surface area (Å²) in [6.07, 6.45) is 3.54. The molecular weight excluding hydrogens is 226 g/mol. The summed E-state index contributed by atoms with van der Waals surface area (Å²) in [5, 5.41) is 8.93. The van der Waals surface area contributed by atoms with Gasteiger partial charge in [0.05, 0.1) is 17.6 Å². The Bertz CT molecular complexity index is 337. The number of anilines is 1. The minimum Gasteiger partial charge on any atom is -0.396 e. The number of pyridine rings is 1. The molecule has 1 atom stereocenters. The quantitative estimate of drug-likeness (QED) is 0.779. The van der Waals surface area contributed by atoms with E-state index in [1.54, 1.807) is 0 Å².